The summed E-state index contributed by atoms with van der Waals surface area (Å²) in [5.74, 6) is -6.83. The maximum atomic E-state index is 15.8. The van der Waals surface area contributed by atoms with Crippen LogP contribution in [0.15, 0.2) is 91.0 Å². The molecule has 0 aliphatic carbocycles. The van der Waals surface area contributed by atoms with Gasteiger partial charge in [0.2, 0.25) is 0 Å². The number of benzene rings is 4. The van der Waals surface area contributed by atoms with Gasteiger partial charge in [-0.2, -0.15) is 0 Å². The Morgan fingerprint density at radius 1 is 0.562 bits per heavy atom. The number of hydrogen-bond acceptors (Lipinski definition) is 1. The molecule has 0 atom stereocenters. The molecule has 0 saturated heterocycles. The third kappa shape index (κ3) is 3.62. The summed E-state index contributed by atoms with van der Waals surface area (Å²) in [6, 6.07) is 26.7. The summed E-state index contributed by atoms with van der Waals surface area (Å²) < 4.78 is 68.2. The van der Waals surface area contributed by atoms with Crippen molar-refractivity contribution in [3.8, 4) is 5.75 Å². The van der Waals surface area contributed by atoms with Crippen LogP contribution in [0.25, 0.3) is 0 Å². The van der Waals surface area contributed by atoms with E-state index in [0.29, 0.717) is 9.37 Å². The van der Waals surface area contributed by atoms with Gasteiger partial charge in [-0.05, 0) is 0 Å². The van der Waals surface area contributed by atoms with Crippen LogP contribution in [0.3, 0.4) is 0 Å². The molecule has 0 heterocycles. The van der Waals surface area contributed by atoms with E-state index in [1.54, 1.807) is 91.0 Å². The fraction of sp³-hybridized carbons (Fsp3) is 0.0769. The third-order valence-electron chi connectivity index (χ3n) is 5.51. The predicted molar refractivity (Wildman–Crippen MR) is 121 cm³/mol. The molecular formula is C26H20F4OPb. The number of ether oxygens (including phenoxy) is 1. The Balaban J connectivity index is 2.23. The molecule has 0 fully saturated rings. The van der Waals surface area contributed by atoms with Crippen LogP contribution in [0.1, 0.15) is 6.92 Å². The van der Waals surface area contributed by atoms with Crippen LogP contribution in [-0.4, -0.2) is 27.8 Å². The van der Waals surface area contributed by atoms with Gasteiger partial charge in [-0.1, -0.05) is 0 Å². The van der Waals surface area contributed by atoms with Gasteiger partial charge < -0.3 is 0 Å². The SMILES string of the molecule is CCOc1c(F)c(F)[c]([Pb]([c]2ccccc2)([c]2ccccc2)[c]2ccccc2)c(F)c1F. The summed E-state index contributed by atoms with van der Waals surface area (Å²) >= 11 is -5.06. The summed E-state index contributed by atoms with van der Waals surface area (Å²) in [6.45, 7) is 1.36. The zero-order valence-electron chi connectivity index (χ0n) is 17.3. The Labute approximate surface area is 189 Å². The van der Waals surface area contributed by atoms with Crippen molar-refractivity contribution in [2.75, 3.05) is 6.61 Å². The zero-order valence-corrected chi connectivity index (χ0v) is 21.2. The van der Waals surface area contributed by atoms with E-state index < -0.39 is 53.3 Å². The van der Waals surface area contributed by atoms with Crippen LogP contribution in [-0.2, 0) is 0 Å². The molecule has 32 heavy (non-hydrogen) atoms. The van der Waals surface area contributed by atoms with Crippen molar-refractivity contribution in [1.82, 2.24) is 0 Å². The Hall–Kier alpha value is -2.68. The molecule has 162 valence electrons. The molecule has 0 aliphatic heterocycles. The molecule has 0 aromatic heterocycles. The molecule has 6 heteroatoms. The first-order valence-electron chi connectivity index (χ1n) is 10.2. The Kier molecular flexibility index (Phi) is 6.64. The molecule has 0 radical (unpaired) electrons. The van der Waals surface area contributed by atoms with Gasteiger partial charge in [-0.3, -0.25) is 0 Å². The Morgan fingerprint density at radius 3 is 1.22 bits per heavy atom. The van der Waals surface area contributed by atoms with E-state index in [9.17, 15) is 0 Å². The first kappa shape index (κ1) is 22.5. The van der Waals surface area contributed by atoms with Crippen molar-refractivity contribution in [3.63, 3.8) is 0 Å². The summed E-state index contributed by atoms with van der Waals surface area (Å²) in [7, 11) is 0. The second kappa shape index (κ2) is 9.44. The van der Waals surface area contributed by atoms with Gasteiger partial charge in [0.25, 0.3) is 0 Å². The Morgan fingerprint density at radius 2 is 0.906 bits per heavy atom. The van der Waals surface area contributed by atoms with Crippen molar-refractivity contribution in [1.29, 1.82) is 0 Å². The molecule has 0 N–H and O–H groups in total. The van der Waals surface area contributed by atoms with Crippen molar-refractivity contribution < 1.29 is 22.3 Å². The molecule has 4 aromatic rings. The molecule has 4 aromatic carbocycles. The number of rotatable bonds is 6. The monoisotopic (exact) mass is 632 g/mol. The van der Waals surface area contributed by atoms with Crippen LogP contribution in [0.5, 0.6) is 5.75 Å². The summed E-state index contributed by atoms with van der Waals surface area (Å²) in [5, 5.41) is 0. The fourth-order valence-electron chi connectivity index (χ4n) is 4.21. The van der Waals surface area contributed by atoms with E-state index in [0.717, 1.165) is 0 Å². The maximum absolute atomic E-state index is 15.8. The third-order valence-corrected chi connectivity index (χ3v) is 24.1. The van der Waals surface area contributed by atoms with E-state index in [-0.39, 0.29) is 6.61 Å². The van der Waals surface area contributed by atoms with Crippen molar-refractivity contribution >= 4 is 33.7 Å². The van der Waals surface area contributed by atoms with Crippen molar-refractivity contribution in [2.45, 2.75) is 6.92 Å². The molecule has 1 nitrogen and oxygen atoms in total. The van der Waals surface area contributed by atoms with Gasteiger partial charge in [0.1, 0.15) is 0 Å². The second-order valence-electron chi connectivity index (χ2n) is 7.24. The molecule has 0 bridgehead atoms. The average Bonchev–Trinajstić information content (AvgIpc) is 2.85. The van der Waals surface area contributed by atoms with Gasteiger partial charge in [0, 0.05) is 0 Å². The first-order valence-corrected chi connectivity index (χ1v) is 18.0. The van der Waals surface area contributed by atoms with Crippen LogP contribution >= 0.6 is 0 Å². The molecule has 0 amide bonds. The zero-order chi connectivity index (χ0) is 22.7. The van der Waals surface area contributed by atoms with E-state index in [4.69, 9.17) is 4.74 Å². The fourth-order valence-corrected chi connectivity index (χ4v) is 23.0. The number of halogens is 4. The van der Waals surface area contributed by atoms with Crippen LogP contribution in [0, 0.1) is 23.3 Å². The predicted octanol–water partition coefficient (Wildman–Crippen LogP) is 4.02. The van der Waals surface area contributed by atoms with Gasteiger partial charge in [-0.15, -0.1) is 0 Å². The second-order valence-corrected chi connectivity index (χ2v) is 21.7. The van der Waals surface area contributed by atoms with Crippen molar-refractivity contribution in [2.24, 2.45) is 0 Å². The van der Waals surface area contributed by atoms with E-state index in [1.165, 1.54) is 6.92 Å². The topological polar surface area (TPSA) is 9.23 Å². The molecule has 0 spiro atoms. The molecule has 4 rings (SSSR count). The van der Waals surface area contributed by atoms with Crippen molar-refractivity contribution in [3.05, 3.63) is 114 Å². The van der Waals surface area contributed by atoms with Crippen LogP contribution < -0.4 is 17.2 Å². The minimum atomic E-state index is -5.06. The summed E-state index contributed by atoms with van der Waals surface area (Å²) in [5.41, 5.74) is 0. The van der Waals surface area contributed by atoms with E-state index in [2.05, 4.69) is 0 Å². The average molecular weight is 632 g/mol. The van der Waals surface area contributed by atoms with Crippen LogP contribution in [0.4, 0.5) is 17.6 Å². The number of hydrogen-bond donors (Lipinski definition) is 0. The standard InChI is InChI=1S/C8H5F4O.3C6H5.Pb/c1-2-13-8-6(11)4(9)3-5(10)7(8)12;3*1-2-4-6-5-3-1;/h2H2,1H3;3*1-5H;. The summed E-state index contributed by atoms with van der Waals surface area (Å²) in [4.78, 5) is 0. The minimum absolute atomic E-state index is 0.127. The van der Waals surface area contributed by atoms with Gasteiger partial charge in [0.05, 0.1) is 0 Å². The summed E-state index contributed by atoms with van der Waals surface area (Å²) in [6.07, 6.45) is 0. The molecular weight excluding hydrogens is 611 g/mol. The Bertz CT molecular complexity index is 1090. The first-order chi connectivity index (χ1) is 15.5. The van der Waals surface area contributed by atoms with Gasteiger partial charge in [-0.25, -0.2) is 0 Å². The van der Waals surface area contributed by atoms with E-state index in [1.807, 2.05) is 0 Å². The normalized spacial score (nSPS) is 11.4. The quantitative estimate of drug-likeness (QED) is 0.178. The van der Waals surface area contributed by atoms with Gasteiger partial charge in [0.15, 0.2) is 0 Å². The molecule has 0 aliphatic rings. The molecule has 0 unspecified atom stereocenters. The van der Waals surface area contributed by atoms with E-state index >= 15 is 17.6 Å². The van der Waals surface area contributed by atoms with Gasteiger partial charge >= 0.3 is 190 Å². The van der Waals surface area contributed by atoms with Crippen LogP contribution in [0.2, 0.25) is 0 Å². The molecule has 0 saturated carbocycles.